The van der Waals surface area contributed by atoms with Crippen molar-refractivity contribution < 1.29 is 18.3 Å². The van der Waals surface area contributed by atoms with E-state index in [4.69, 9.17) is 0 Å². The van der Waals surface area contributed by atoms with Crippen molar-refractivity contribution in [3.05, 3.63) is 40.3 Å². The van der Waals surface area contributed by atoms with Gasteiger partial charge < -0.3 is 4.74 Å². The van der Waals surface area contributed by atoms with Crippen molar-refractivity contribution in [3.8, 4) is 0 Å². The summed E-state index contributed by atoms with van der Waals surface area (Å²) >= 11 is 0. The van der Waals surface area contributed by atoms with Gasteiger partial charge in [-0.2, -0.15) is 0 Å². The smallest absolute Gasteiger partial charge is 0.325 e. The van der Waals surface area contributed by atoms with Crippen molar-refractivity contribution in [1.82, 2.24) is 9.55 Å². The molecular formula is C12H10F2N2O3. The third-order valence-electron chi connectivity index (χ3n) is 2.60. The molecule has 1 aromatic carbocycles. The number of esters is 1. The monoisotopic (exact) mass is 268 g/mol. The van der Waals surface area contributed by atoms with E-state index in [1.54, 1.807) is 12.1 Å². The van der Waals surface area contributed by atoms with Gasteiger partial charge in [0, 0.05) is 0 Å². The van der Waals surface area contributed by atoms with E-state index in [1.165, 1.54) is 12.1 Å². The largest absolute Gasteiger partial charge is 0.468 e. The number of hydrogen-bond donors (Lipinski definition) is 0. The molecule has 0 amide bonds. The molecule has 0 aliphatic rings. The summed E-state index contributed by atoms with van der Waals surface area (Å²) in [6.45, 7) is -0.432. The lowest BCUT2D eigenvalue weighted by Crippen LogP contribution is -2.29. The number of hydrogen-bond acceptors (Lipinski definition) is 4. The first kappa shape index (κ1) is 13.1. The molecule has 0 atom stereocenters. The Balaban J connectivity index is 2.73. The highest BCUT2D eigenvalue weighted by atomic mass is 19.3. The van der Waals surface area contributed by atoms with Crippen LogP contribution in [0.1, 0.15) is 12.1 Å². The van der Waals surface area contributed by atoms with Crippen LogP contribution in [0.25, 0.3) is 11.0 Å². The Morgan fingerprint density at radius 2 is 2.11 bits per heavy atom. The summed E-state index contributed by atoms with van der Waals surface area (Å²) in [7, 11) is 1.16. The number of ether oxygens (including phenoxy) is 1. The van der Waals surface area contributed by atoms with Crippen LogP contribution in [-0.2, 0) is 16.1 Å². The molecule has 0 aliphatic heterocycles. The molecule has 1 aromatic heterocycles. The Kier molecular flexibility index (Phi) is 3.55. The number of aromatic nitrogens is 2. The Morgan fingerprint density at radius 3 is 2.74 bits per heavy atom. The average molecular weight is 268 g/mol. The van der Waals surface area contributed by atoms with Gasteiger partial charge in [-0.15, -0.1) is 0 Å². The maximum Gasteiger partial charge on any atom is 0.325 e. The second-order valence-corrected chi connectivity index (χ2v) is 3.75. The third kappa shape index (κ3) is 2.44. The van der Waals surface area contributed by atoms with Crippen LogP contribution in [0.5, 0.6) is 0 Å². The molecule has 0 unspecified atom stereocenters. The summed E-state index contributed by atoms with van der Waals surface area (Å²) < 4.78 is 30.9. The molecule has 0 saturated heterocycles. The Bertz CT molecular complexity index is 682. The average Bonchev–Trinajstić information content (AvgIpc) is 2.41. The third-order valence-corrected chi connectivity index (χ3v) is 2.60. The van der Waals surface area contributed by atoms with Crippen LogP contribution in [0, 0.1) is 0 Å². The van der Waals surface area contributed by atoms with Crippen molar-refractivity contribution in [2.45, 2.75) is 13.0 Å². The van der Waals surface area contributed by atoms with E-state index in [0.29, 0.717) is 5.52 Å². The van der Waals surface area contributed by atoms with Crippen LogP contribution < -0.4 is 5.56 Å². The second-order valence-electron chi connectivity index (χ2n) is 3.75. The lowest BCUT2D eigenvalue weighted by atomic mass is 10.2. The molecule has 100 valence electrons. The first-order chi connectivity index (χ1) is 9.04. The van der Waals surface area contributed by atoms with E-state index in [2.05, 4.69) is 9.72 Å². The summed E-state index contributed by atoms with van der Waals surface area (Å²) in [6.07, 6.45) is -3.00. The zero-order chi connectivity index (χ0) is 14.0. The van der Waals surface area contributed by atoms with Crippen molar-refractivity contribution in [1.29, 1.82) is 0 Å². The summed E-state index contributed by atoms with van der Waals surface area (Å²) in [5.41, 5.74) is -1.33. The van der Waals surface area contributed by atoms with E-state index in [-0.39, 0.29) is 5.52 Å². The van der Waals surface area contributed by atoms with Crippen LogP contribution in [0.2, 0.25) is 0 Å². The van der Waals surface area contributed by atoms with Gasteiger partial charge in [-0.3, -0.25) is 14.2 Å². The minimum Gasteiger partial charge on any atom is -0.468 e. The minimum absolute atomic E-state index is 0.223. The molecule has 0 fully saturated rings. The highest BCUT2D eigenvalue weighted by Gasteiger charge is 2.19. The normalized spacial score (nSPS) is 10.9. The number of rotatable bonds is 3. The molecule has 0 aliphatic carbocycles. The molecule has 0 radical (unpaired) electrons. The lowest BCUT2D eigenvalue weighted by Gasteiger charge is -2.10. The first-order valence-corrected chi connectivity index (χ1v) is 5.39. The maximum absolute atomic E-state index is 12.8. The highest BCUT2D eigenvalue weighted by Crippen LogP contribution is 2.16. The molecule has 0 N–H and O–H groups in total. The van der Waals surface area contributed by atoms with Crippen molar-refractivity contribution in [3.63, 3.8) is 0 Å². The predicted molar refractivity (Wildman–Crippen MR) is 63.0 cm³/mol. The fourth-order valence-electron chi connectivity index (χ4n) is 1.70. The van der Waals surface area contributed by atoms with Crippen LogP contribution in [0.15, 0.2) is 29.1 Å². The Morgan fingerprint density at radius 1 is 1.42 bits per heavy atom. The fraction of sp³-hybridized carbons (Fsp3) is 0.250. The first-order valence-electron chi connectivity index (χ1n) is 5.39. The molecule has 0 bridgehead atoms. The predicted octanol–water partition coefficient (Wildman–Crippen LogP) is 1.51. The standard InChI is InChI=1S/C12H10F2N2O3/c1-19-9(17)6-16-8-5-3-2-4-7(8)15-10(11(13)14)12(16)18/h2-5,11H,6H2,1H3. The van der Waals surface area contributed by atoms with Crippen LogP contribution in [0.4, 0.5) is 8.78 Å². The van der Waals surface area contributed by atoms with Crippen molar-refractivity contribution in [2.24, 2.45) is 0 Å². The summed E-state index contributed by atoms with van der Waals surface area (Å²) in [6, 6.07) is 6.26. The van der Waals surface area contributed by atoms with Gasteiger partial charge in [0.2, 0.25) is 0 Å². The molecule has 7 heteroatoms. The van der Waals surface area contributed by atoms with Gasteiger partial charge in [0.1, 0.15) is 6.54 Å². The molecular weight excluding hydrogens is 258 g/mol. The zero-order valence-electron chi connectivity index (χ0n) is 9.97. The molecule has 2 rings (SSSR count). The molecule has 0 saturated carbocycles. The fourth-order valence-corrected chi connectivity index (χ4v) is 1.70. The van der Waals surface area contributed by atoms with Gasteiger partial charge in [-0.05, 0) is 12.1 Å². The van der Waals surface area contributed by atoms with Crippen LogP contribution >= 0.6 is 0 Å². The molecule has 5 nitrogen and oxygen atoms in total. The summed E-state index contributed by atoms with van der Waals surface area (Å²) in [4.78, 5) is 26.8. The Hall–Kier alpha value is -2.31. The molecule has 2 aromatic rings. The number of carbonyl (C=O) groups is 1. The van der Waals surface area contributed by atoms with E-state index < -0.39 is 30.2 Å². The number of benzene rings is 1. The summed E-state index contributed by atoms with van der Waals surface area (Å²) in [5.74, 6) is -0.696. The zero-order valence-corrected chi connectivity index (χ0v) is 9.97. The highest BCUT2D eigenvalue weighted by molar-refractivity contribution is 5.77. The van der Waals surface area contributed by atoms with Crippen molar-refractivity contribution >= 4 is 17.0 Å². The quantitative estimate of drug-likeness (QED) is 0.791. The van der Waals surface area contributed by atoms with Gasteiger partial charge in [-0.25, -0.2) is 13.8 Å². The van der Waals surface area contributed by atoms with Crippen LogP contribution in [-0.4, -0.2) is 22.6 Å². The molecule has 1 heterocycles. The number of para-hydroxylation sites is 2. The van der Waals surface area contributed by atoms with E-state index in [0.717, 1.165) is 11.7 Å². The molecule has 0 spiro atoms. The van der Waals surface area contributed by atoms with Gasteiger partial charge in [0.05, 0.1) is 18.1 Å². The second kappa shape index (κ2) is 5.13. The van der Waals surface area contributed by atoms with E-state index in [1.807, 2.05) is 0 Å². The summed E-state index contributed by atoms with van der Waals surface area (Å²) in [5, 5.41) is 0. The number of carbonyl (C=O) groups excluding carboxylic acids is 1. The van der Waals surface area contributed by atoms with E-state index >= 15 is 0 Å². The van der Waals surface area contributed by atoms with Gasteiger partial charge in [-0.1, -0.05) is 12.1 Å². The lowest BCUT2D eigenvalue weighted by molar-refractivity contribution is -0.141. The number of halogens is 2. The maximum atomic E-state index is 12.8. The number of nitrogens with zero attached hydrogens (tertiary/aromatic N) is 2. The SMILES string of the molecule is COC(=O)Cn1c(=O)c(C(F)F)nc2ccccc21. The Labute approximate surface area is 106 Å². The number of fused-ring (bicyclic) bond motifs is 1. The number of alkyl halides is 2. The van der Waals surface area contributed by atoms with Crippen molar-refractivity contribution in [2.75, 3.05) is 7.11 Å². The van der Waals surface area contributed by atoms with Gasteiger partial charge in [0.25, 0.3) is 12.0 Å². The van der Waals surface area contributed by atoms with Gasteiger partial charge in [0.15, 0.2) is 5.69 Å². The van der Waals surface area contributed by atoms with Crippen LogP contribution in [0.3, 0.4) is 0 Å². The molecule has 19 heavy (non-hydrogen) atoms. The minimum atomic E-state index is -3.00. The van der Waals surface area contributed by atoms with Gasteiger partial charge >= 0.3 is 5.97 Å². The number of methoxy groups -OCH3 is 1. The topological polar surface area (TPSA) is 61.2 Å². The van der Waals surface area contributed by atoms with E-state index in [9.17, 15) is 18.4 Å².